The first-order valence-electron chi connectivity index (χ1n) is 6.98. The molecule has 1 aliphatic heterocycles. The van der Waals surface area contributed by atoms with Crippen LogP contribution in [0.25, 0.3) is 0 Å². The Morgan fingerprint density at radius 1 is 1.38 bits per heavy atom. The third-order valence-electron chi connectivity index (χ3n) is 3.89. The number of benzene rings is 1. The van der Waals surface area contributed by atoms with Gasteiger partial charge in [0.15, 0.2) is 0 Å². The number of amides is 2. The number of hydrogen-bond donors (Lipinski definition) is 0. The molecule has 0 unspecified atom stereocenters. The van der Waals surface area contributed by atoms with Crippen LogP contribution in [-0.4, -0.2) is 41.6 Å². The van der Waals surface area contributed by atoms with Crippen molar-refractivity contribution in [2.24, 2.45) is 0 Å². The quantitative estimate of drug-likeness (QED) is 0.780. The topological polar surface area (TPSA) is 57.7 Å². The van der Waals surface area contributed by atoms with Crippen LogP contribution in [0, 0.1) is 0 Å². The summed E-state index contributed by atoms with van der Waals surface area (Å²) in [5.74, 6) is -1.29. The maximum absolute atomic E-state index is 12.4. The van der Waals surface area contributed by atoms with Crippen molar-refractivity contribution in [2.75, 3.05) is 18.0 Å². The zero-order chi connectivity index (χ0) is 15.1. The van der Waals surface area contributed by atoms with Crippen molar-refractivity contribution in [3.63, 3.8) is 0 Å². The molecule has 0 saturated heterocycles. The second-order valence-electron chi connectivity index (χ2n) is 5.27. The van der Waals surface area contributed by atoms with Crippen molar-refractivity contribution in [1.29, 1.82) is 0 Å². The van der Waals surface area contributed by atoms with Gasteiger partial charge in [0.2, 0.25) is 5.91 Å². The van der Waals surface area contributed by atoms with Crippen molar-refractivity contribution in [2.45, 2.75) is 25.8 Å². The minimum Gasteiger partial charge on any atom is -0.338 e. The fourth-order valence-corrected chi connectivity index (χ4v) is 3.24. The average Bonchev–Trinajstić information content (AvgIpc) is 3.25. The monoisotopic (exact) mass is 350 g/mol. The molecule has 0 N–H and O–H groups in total. The Bertz CT molecular complexity index is 640. The highest BCUT2D eigenvalue weighted by Gasteiger charge is 2.40. The van der Waals surface area contributed by atoms with Gasteiger partial charge in [0.1, 0.15) is 6.54 Å². The Balaban J connectivity index is 1.86. The van der Waals surface area contributed by atoms with E-state index in [0.717, 1.165) is 12.8 Å². The number of halogens is 1. The molecule has 0 radical (unpaired) electrons. The number of anilines is 1. The van der Waals surface area contributed by atoms with Crippen LogP contribution in [0.2, 0.25) is 0 Å². The summed E-state index contributed by atoms with van der Waals surface area (Å²) in [5.41, 5.74) is 0.865. The summed E-state index contributed by atoms with van der Waals surface area (Å²) in [5, 5.41) is 0. The SMILES string of the molecule is CCN(C(=O)CN1C(=O)C(=O)c2c(Br)cccc21)C1CC1. The molecule has 1 heterocycles. The van der Waals surface area contributed by atoms with E-state index >= 15 is 0 Å². The van der Waals surface area contributed by atoms with Crippen LogP contribution in [0.5, 0.6) is 0 Å². The van der Waals surface area contributed by atoms with E-state index in [-0.39, 0.29) is 12.5 Å². The van der Waals surface area contributed by atoms with E-state index in [9.17, 15) is 14.4 Å². The lowest BCUT2D eigenvalue weighted by Crippen LogP contribution is -2.43. The lowest BCUT2D eigenvalue weighted by atomic mass is 10.1. The zero-order valence-electron chi connectivity index (χ0n) is 11.6. The molecule has 2 aliphatic rings. The van der Waals surface area contributed by atoms with Crippen molar-refractivity contribution < 1.29 is 14.4 Å². The maximum Gasteiger partial charge on any atom is 0.299 e. The molecule has 1 aromatic carbocycles. The van der Waals surface area contributed by atoms with Gasteiger partial charge < -0.3 is 4.90 Å². The van der Waals surface area contributed by atoms with Gasteiger partial charge in [0.25, 0.3) is 11.7 Å². The van der Waals surface area contributed by atoms with Crippen LogP contribution >= 0.6 is 15.9 Å². The number of carbonyl (C=O) groups excluding carboxylic acids is 3. The van der Waals surface area contributed by atoms with Gasteiger partial charge in [0, 0.05) is 17.1 Å². The molecule has 0 aromatic heterocycles. The second kappa shape index (κ2) is 5.26. The Kier molecular flexibility index (Phi) is 3.57. The van der Waals surface area contributed by atoms with Crippen LogP contribution < -0.4 is 4.90 Å². The number of fused-ring (bicyclic) bond motifs is 1. The van der Waals surface area contributed by atoms with Gasteiger partial charge in [0.05, 0.1) is 11.3 Å². The van der Waals surface area contributed by atoms with E-state index in [2.05, 4.69) is 15.9 Å². The summed E-state index contributed by atoms with van der Waals surface area (Å²) in [6, 6.07) is 5.48. The highest BCUT2D eigenvalue weighted by atomic mass is 79.9. The lowest BCUT2D eigenvalue weighted by molar-refractivity contribution is -0.131. The highest BCUT2D eigenvalue weighted by Crippen LogP contribution is 2.34. The Hall–Kier alpha value is -1.69. The second-order valence-corrected chi connectivity index (χ2v) is 6.12. The molecular formula is C15H15BrN2O3. The van der Waals surface area contributed by atoms with Gasteiger partial charge in [-0.05, 0) is 47.8 Å². The fraction of sp³-hybridized carbons (Fsp3) is 0.400. The van der Waals surface area contributed by atoms with E-state index in [1.54, 1.807) is 23.1 Å². The summed E-state index contributed by atoms with van der Waals surface area (Å²) < 4.78 is 0.586. The summed E-state index contributed by atoms with van der Waals surface area (Å²) in [6.45, 7) is 2.49. The van der Waals surface area contributed by atoms with Gasteiger partial charge in [-0.3, -0.25) is 19.3 Å². The highest BCUT2D eigenvalue weighted by molar-refractivity contribution is 9.10. The number of nitrogens with zero attached hydrogens (tertiary/aromatic N) is 2. The summed E-state index contributed by atoms with van der Waals surface area (Å²) in [4.78, 5) is 39.6. The average molecular weight is 351 g/mol. The van der Waals surface area contributed by atoms with Crippen molar-refractivity contribution in [3.05, 3.63) is 28.2 Å². The molecule has 5 nitrogen and oxygen atoms in total. The fourth-order valence-electron chi connectivity index (χ4n) is 2.71. The molecular weight excluding hydrogens is 336 g/mol. The number of carbonyl (C=O) groups is 3. The molecule has 1 aliphatic carbocycles. The van der Waals surface area contributed by atoms with E-state index in [4.69, 9.17) is 0 Å². The molecule has 0 bridgehead atoms. The van der Waals surface area contributed by atoms with Crippen LogP contribution in [0.1, 0.15) is 30.1 Å². The van der Waals surface area contributed by atoms with Gasteiger partial charge in [-0.2, -0.15) is 0 Å². The van der Waals surface area contributed by atoms with Crippen LogP contribution in [0.15, 0.2) is 22.7 Å². The summed E-state index contributed by atoms with van der Waals surface area (Å²) in [7, 11) is 0. The van der Waals surface area contributed by atoms with Crippen LogP contribution in [0.3, 0.4) is 0 Å². The molecule has 3 rings (SSSR count). The van der Waals surface area contributed by atoms with Crippen molar-refractivity contribution in [1.82, 2.24) is 4.90 Å². The first kappa shape index (κ1) is 14.3. The Labute approximate surface area is 131 Å². The smallest absolute Gasteiger partial charge is 0.299 e. The van der Waals surface area contributed by atoms with Gasteiger partial charge in [-0.25, -0.2) is 0 Å². The zero-order valence-corrected chi connectivity index (χ0v) is 13.2. The number of hydrogen-bond acceptors (Lipinski definition) is 3. The van der Waals surface area contributed by atoms with Gasteiger partial charge in [-0.15, -0.1) is 0 Å². The van der Waals surface area contributed by atoms with Crippen LogP contribution in [0.4, 0.5) is 5.69 Å². The number of Topliss-reactive ketones (excluding diaryl/α,β-unsaturated/α-hetero) is 1. The molecule has 6 heteroatoms. The number of rotatable bonds is 4. The first-order valence-corrected chi connectivity index (χ1v) is 7.78. The maximum atomic E-state index is 12.4. The standard InChI is InChI=1S/C15H15BrN2O3/c1-2-17(9-6-7-9)12(19)8-18-11-5-3-4-10(16)13(11)14(20)15(18)21/h3-5,9H,2,6-8H2,1H3. The molecule has 2 amide bonds. The Morgan fingerprint density at radius 2 is 2.10 bits per heavy atom. The molecule has 21 heavy (non-hydrogen) atoms. The third kappa shape index (κ3) is 2.37. The Morgan fingerprint density at radius 3 is 2.71 bits per heavy atom. The van der Waals surface area contributed by atoms with E-state index in [1.807, 2.05) is 6.92 Å². The largest absolute Gasteiger partial charge is 0.338 e. The van der Waals surface area contributed by atoms with Crippen molar-refractivity contribution >= 4 is 39.2 Å². The van der Waals surface area contributed by atoms with E-state index < -0.39 is 11.7 Å². The molecule has 1 aromatic rings. The molecule has 0 atom stereocenters. The first-order chi connectivity index (χ1) is 10.0. The van der Waals surface area contributed by atoms with Gasteiger partial charge >= 0.3 is 0 Å². The molecule has 1 saturated carbocycles. The lowest BCUT2D eigenvalue weighted by Gasteiger charge is -2.24. The molecule has 110 valence electrons. The normalized spacial score (nSPS) is 17.1. The predicted octanol–water partition coefficient (Wildman–Crippen LogP) is 1.99. The minimum atomic E-state index is -0.628. The molecule has 1 fully saturated rings. The van der Waals surface area contributed by atoms with Crippen molar-refractivity contribution in [3.8, 4) is 0 Å². The van der Waals surface area contributed by atoms with Crippen LogP contribution in [-0.2, 0) is 9.59 Å². The molecule has 0 spiro atoms. The summed E-state index contributed by atoms with van der Waals surface area (Å²) in [6.07, 6.45) is 2.04. The van der Waals surface area contributed by atoms with E-state index in [1.165, 1.54) is 4.90 Å². The van der Waals surface area contributed by atoms with Gasteiger partial charge in [-0.1, -0.05) is 6.07 Å². The third-order valence-corrected chi connectivity index (χ3v) is 4.55. The number of likely N-dealkylation sites (N-methyl/N-ethyl adjacent to an activating group) is 1. The van der Waals surface area contributed by atoms with E-state index in [0.29, 0.717) is 28.3 Å². The number of ketones is 1. The predicted molar refractivity (Wildman–Crippen MR) is 81.2 cm³/mol. The summed E-state index contributed by atoms with van der Waals surface area (Å²) >= 11 is 3.29. The minimum absolute atomic E-state index is 0.0711.